The summed E-state index contributed by atoms with van der Waals surface area (Å²) in [6, 6.07) is 18.9. The van der Waals surface area contributed by atoms with Gasteiger partial charge < -0.3 is 14.2 Å². The molecule has 6 heteroatoms. The van der Waals surface area contributed by atoms with Crippen LogP contribution in [0.3, 0.4) is 0 Å². The first-order chi connectivity index (χ1) is 22.6. The molecule has 254 valence electrons. The first kappa shape index (κ1) is 33.6. The van der Waals surface area contributed by atoms with Gasteiger partial charge in [-0.05, 0) is 128 Å². The first-order valence-corrected chi connectivity index (χ1v) is 19.9. The highest BCUT2D eigenvalue weighted by Gasteiger charge is 2.68. The SMILES string of the molecule is C[C@@H](CI)CC[C@H]1O[C@H]2C[C@H]3[C@@H]4CC[C@H]5C[C@H](OC(=O)c6ccccc6)CC[C@]5(C)[C@H]4[C@@H](OC(=O)c4ccccc4)C[C@]3(C)[C@H]2[C@@H]1C. The first-order valence-electron chi connectivity index (χ1n) is 18.4. The number of carbonyl (C=O) groups excluding carboxylic acids is 2. The summed E-state index contributed by atoms with van der Waals surface area (Å²) in [6.45, 7) is 9.82. The van der Waals surface area contributed by atoms with Gasteiger partial charge in [0.05, 0.1) is 23.3 Å². The topological polar surface area (TPSA) is 61.8 Å². The second-order valence-corrected chi connectivity index (χ2v) is 17.3. The molecule has 1 aliphatic heterocycles. The molecular formula is C41H53IO5. The van der Waals surface area contributed by atoms with Crippen LogP contribution in [0.1, 0.15) is 106 Å². The van der Waals surface area contributed by atoms with Gasteiger partial charge in [0, 0.05) is 10.3 Å². The number of carbonyl (C=O) groups is 2. The number of hydrogen-bond acceptors (Lipinski definition) is 5. The Morgan fingerprint density at radius 2 is 1.55 bits per heavy atom. The molecule has 4 aliphatic carbocycles. The second kappa shape index (κ2) is 13.4. The Bertz CT molecular complexity index is 1420. The molecule has 0 radical (unpaired) electrons. The second-order valence-electron chi connectivity index (χ2n) is 16.4. The van der Waals surface area contributed by atoms with Gasteiger partial charge in [0.15, 0.2) is 0 Å². The molecule has 0 bridgehead atoms. The van der Waals surface area contributed by atoms with Crippen molar-refractivity contribution in [3.8, 4) is 0 Å². The molecule has 0 N–H and O–H groups in total. The van der Waals surface area contributed by atoms with Crippen molar-refractivity contribution >= 4 is 34.5 Å². The standard InChI is InChI=1S/C41H53IO5/c1-25(24-42)15-18-33-26(2)36-34(46-33)22-32-31-17-16-29-21-30(45-38(43)27-11-7-5-8-12-27)19-20-40(29,3)37(31)35(23-41(32,36)4)47-39(44)28-13-9-6-10-14-28/h5-14,25-26,29-37H,15-24H2,1-4H3/t25-,26-,29+,30-,31+,32+,33-,34+,35+,36+,37-,40+,41+/m1/s1. The highest BCUT2D eigenvalue weighted by molar-refractivity contribution is 14.1. The smallest absolute Gasteiger partial charge is 0.338 e. The van der Waals surface area contributed by atoms with Crippen LogP contribution in [-0.4, -0.2) is 40.8 Å². The zero-order valence-electron chi connectivity index (χ0n) is 28.6. The number of halogens is 1. The Morgan fingerprint density at radius 1 is 0.894 bits per heavy atom. The fourth-order valence-electron chi connectivity index (χ4n) is 11.6. The van der Waals surface area contributed by atoms with Gasteiger partial charge in [0.2, 0.25) is 0 Å². The van der Waals surface area contributed by atoms with Crippen molar-refractivity contribution in [1.29, 1.82) is 0 Å². The van der Waals surface area contributed by atoms with Gasteiger partial charge in [-0.15, -0.1) is 0 Å². The van der Waals surface area contributed by atoms with Crippen molar-refractivity contribution in [3.05, 3.63) is 71.8 Å². The van der Waals surface area contributed by atoms with E-state index in [4.69, 9.17) is 14.2 Å². The Labute approximate surface area is 295 Å². The van der Waals surface area contributed by atoms with Crippen LogP contribution in [0.25, 0.3) is 0 Å². The van der Waals surface area contributed by atoms with Crippen LogP contribution in [0.5, 0.6) is 0 Å². The van der Waals surface area contributed by atoms with Crippen LogP contribution < -0.4 is 0 Å². The number of esters is 2. The molecule has 1 heterocycles. The van der Waals surface area contributed by atoms with Crippen molar-refractivity contribution in [3.63, 3.8) is 0 Å². The number of alkyl halides is 1. The molecule has 0 amide bonds. The lowest BCUT2D eigenvalue weighted by Crippen LogP contribution is -2.60. The normalized spacial score (nSPS) is 41.1. The minimum Gasteiger partial charge on any atom is -0.459 e. The Balaban J connectivity index is 1.14. The predicted molar refractivity (Wildman–Crippen MR) is 192 cm³/mol. The Hall–Kier alpha value is -1.93. The molecule has 7 rings (SSSR count). The van der Waals surface area contributed by atoms with E-state index in [1.807, 2.05) is 60.7 Å². The zero-order chi connectivity index (χ0) is 32.9. The van der Waals surface area contributed by atoms with Gasteiger partial charge in [-0.25, -0.2) is 9.59 Å². The summed E-state index contributed by atoms with van der Waals surface area (Å²) in [6.07, 6.45) is 9.90. The molecule has 0 spiro atoms. The van der Waals surface area contributed by atoms with Gasteiger partial charge >= 0.3 is 11.9 Å². The third kappa shape index (κ3) is 6.10. The molecule has 4 saturated carbocycles. The van der Waals surface area contributed by atoms with Crippen molar-refractivity contribution in [2.45, 2.75) is 110 Å². The molecule has 5 aliphatic rings. The predicted octanol–water partition coefficient (Wildman–Crippen LogP) is 9.57. The van der Waals surface area contributed by atoms with Crippen molar-refractivity contribution in [2.75, 3.05) is 4.43 Å². The number of rotatable bonds is 8. The van der Waals surface area contributed by atoms with E-state index in [0.717, 1.165) is 57.3 Å². The summed E-state index contributed by atoms with van der Waals surface area (Å²) in [7, 11) is 0. The van der Waals surface area contributed by atoms with Crippen LogP contribution in [0.15, 0.2) is 60.7 Å². The van der Waals surface area contributed by atoms with E-state index in [0.29, 0.717) is 58.8 Å². The number of benzene rings is 2. The number of fused-ring (bicyclic) bond motifs is 7. The summed E-state index contributed by atoms with van der Waals surface area (Å²) in [5.41, 5.74) is 1.37. The lowest BCUT2D eigenvalue weighted by atomic mass is 9.43. The fraction of sp³-hybridized carbons (Fsp3) is 0.659. The molecular weight excluding hydrogens is 699 g/mol. The maximum absolute atomic E-state index is 13.8. The molecule has 13 atom stereocenters. The maximum Gasteiger partial charge on any atom is 0.338 e. The molecule has 5 fully saturated rings. The fourth-order valence-corrected chi connectivity index (χ4v) is 12.1. The lowest BCUT2D eigenvalue weighted by Gasteiger charge is -2.63. The van der Waals surface area contributed by atoms with E-state index in [1.165, 1.54) is 10.8 Å². The molecule has 2 aromatic carbocycles. The van der Waals surface area contributed by atoms with Gasteiger partial charge in [0.1, 0.15) is 12.2 Å². The van der Waals surface area contributed by atoms with E-state index < -0.39 is 0 Å². The van der Waals surface area contributed by atoms with Crippen molar-refractivity contribution in [2.24, 2.45) is 52.3 Å². The van der Waals surface area contributed by atoms with Crippen LogP contribution in [0, 0.1) is 52.3 Å². The van der Waals surface area contributed by atoms with Crippen LogP contribution >= 0.6 is 22.6 Å². The van der Waals surface area contributed by atoms with Crippen LogP contribution in [-0.2, 0) is 14.2 Å². The molecule has 47 heavy (non-hydrogen) atoms. The Morgan fingerprint density at radius 3 is 2.21 bits per heavy atom. The molecule has 1 saturated heterocycles. The number of ether oxygens (including phenoxy) is 3. The van der Waals surface area contributed by atoms with E-state index in [9.17, 15) is 9.59 Å². The highest BCUT2D eigenvalue weighted by Crippen LogP contribution is 2.70. The summed E-state index contributed by atoms with van der Waals surface area (Å²) in [4.78, 5) is 26.8. The highest BCUT2D eigenvalue weighted by atomic mass is 127. The van der Waals surface area contributed by atoms with Gasteiger partial charge in [-0.2, -0.15) is 0 Å². The maximum atomic E-state index is 13.8. The van der Waals surface area contributed by atoms with E-state index in [1.54, 1.807) is 0 Å². The molecule has 0 unspecified atom stereocenters. The molecule has 0 aromatic heterocycles. The number of hydrogen-bond donors (Lipinski definition) is 0. The summed E-state index contributed by atoms with van der Waals surface area (Å²) >= 11 is 2.51. The monoisotopic (exact) mass is 752 g/mol. The Kier molecular flexibility index (Phi) is 9.58. The van der Waals surface area contributed by atoms with E-state index in [2.05, 4.69) is 50.3 Å². The van der Waals surface area contributed by atoms with Gasteiger partial charge in [0.25, 0.3) is 0 Å². The van der Waals surface area contributed by atoms with Gasteiger partial charge in [-0.3, -0.25) is 0 Å². The quantitative estimate of drug-likeness (QED) is 0.153. The van der Waals surface area contributed by atoms with Crippen LogP contribution in [0.4, 0.5) is 0 Å². The van der Waals surface area contributed by atoms with Crippen molar-refractivity contribution in [1.82, 2.24) is 0 Å². The third-order valence-corrected chi connectivity index (χ3v) is 15.4. The van der Waals surface area contributed by atoms with Crippen LogP contribution in [0.2, 0.25) is 0 Å². The average Bonchev–Trinajstić information content (AvgIpc) is 3.56. The third-order valence-electron chi connectivity index (χ3n) is 13.9. The largest absolute Gasteiger partial charge is 0.459 e. The summed E-state index contributed by atoms with van der Waals surface area (Å²) in [5, 5.41) is 0. The lowest BCUT2D eigenvalue weighted by molar-refractivity contribution is -0.181. The van der Waals surface area contributed by atoms with E-state index in [-0.39, 0.29) is 35.0 Å². The minimum absolute atomic E-state index is 0.0316. The summed E-state index contributed by atoms with van der Waals surface area (Å²) in [5.74, 6) is 3.16. The van der Waals surface area contributed by atoms with Crippen molar-refractivity contribution < 1.29 is 23.8 Å². The van der Waals surface area contributed by atoms with Gasteiger partial charge in [-0.1, -0.05) is 86.7 Å². The summed E-state index contributed by atoms with van der Waals surface area (Å²) < 4.78 is 21.0. The molecule has 2 aromatic rings. The minimum atomic E-state index is -0.218. The molecule has 5 nitrogen and oxygen atoms in total. The average molecular weight is 753 g/mol. The van der Waals surface area contributed by atoms with E-state index >= 15 is 0 Å². The zero-order valence-corrected chi connectivity index (χ0v) is 30.8.